The summed E-state index contributed by atoms with van der Waals surface area (Å²) in [5.74, 6) is 1.15. The summed E-state index contributed by atoms with van der Waals surface area (Å²) in [4.78, 5) is 11.8. The van der Waals surface area contributed by atoms with Crippen molar-refractivity contribution in [2.24, 2.45) is 0 Å². The molecule has 112 valence electrons. The highest BCUT2D eigenvalue weighted by molar-refractivity contribution is 5.92. The average Bonchev–Trinajstić information content (AvgIpc) is 2.97. The highest BCUT2D eigenvalue weighted by Crippen LogP contribution is 2.30. The van der Waals surface area contributed by atoms with E-state index in [2.05, 4.69) is 5.32 Å². The second-order valence-electron chi connectivity index (χ2n) is 4.37. The molecule has 2 aromatic rings. The summed E-state index contributed by atoms with van der Waals surface area (Å²) in [6.45, 7) is 0.876. The van der Waals surface area contributed by atoms with Gasteiger partial charge in [0, 0.05) is 31.0 Å². The number of ether oxygens (including phenoxy) is 2. The summed E-state index contributed by atoms with van der Waals surface area (Å²) >= 11 is 0. The van der Waals surface area contributed by atoms with Crippen LogP contribution in [0.15, 0.2) is 34.7 Å². The Labute approximate surface area is 122 Å². The van der Waals surface area contributed by atoms with E-state index in [4.69, 9.17) is 19.6 Å². The number of carbonyl (C=O) groups is 1. The van der Waals surface area contributed by atoms with E-state index in [-0.39, 0.29) is 11.7 Å². The molecule has 0 bridgehead atoms. The van der Waals surface area contributed by atoms with Crippen LogP contribution in [0.1, 0.15) is 10.6 Å². The van der Waals surface area contributed by atoms with Crippen LogP contribution in [0, 0.1) is 0 Å². The lowest BCUT2D eigenvalue weighted by Gasteiger charge is -2.05. The minimum atomic E-state index is -0.287. The Morgan fingerprint density at radius 1 is 1.29 bits per heavy atom. The predicted octanol–water partition coefficient (Wildman–Crippen LogP) is 1.91. The van der Waals surface area contributed by atoms with E-state index in [0.29, 0.717) is 35.9 Å². The molecule has 1 amide bonds. The number of nitrogens with two attached hydrogens (primary N) is 1. The number of hydrogen-bond acceptors (Lipinski definition) is 5. The third-order valence-electron chi connectivity index (χ3n) is 2.95. The smallest absolute Gasteiger partial charge is 0.287 e. The Morgan fingerprint density at radius 2 is 2.10 bits per heavy atom. The van der Waals surface area contributed by atoms with Gasteiger partial charge in [-0.15, -0.1) is 0 Å². The van der Waals surface area contributed by atoms with E-state index >= 15 is 0 Å². The van der Waals surface area contributed by atoms with Crippen LogP contribution >= 0.6 is 0 Å². The minimum Gasteiger partial charge on any atom is -0.497 e. The monoisotopic (exact) mass is 290 g/mol. The summed E-state index contributed by atoms with van der Waals surface area (Å²) in [5, 5.41) is 2.69. The molecule has 0 saturated heterocycles. The van der Waals surface area contributed by atoms with Crippen molar-refractivity contribution in [2.75, 3.05) is 33.1 Å². The van der Waals surface area contributed by atoms with E-state index in [9.17, 15) is 4.79 Å². The first kappa shape index (κ1) is 14.9. The van der Waals surface area contributed by atoms with E-state index < -0.39 is 0 Å². The Hall–Kier alpha value is -2.47. The van der Waals surface area contributed by atoms with E-state index in [0.717, 1.165) is 0 Å². The Morgan fingerprint density at radius 3 is 2.76 bits per heavy atom. The zero-order valence-corrected chi connectivity index (χ0v) is 12.0. The van der Waals surface area contributed by atoms with Gasteiger partial charge in [0.2, 0.25) is 0 Å². The van der Waals surface area contributed by atoms with Crippen LogP contribution in [-0.2, 0) is 4.74 Å². The van der Waals surface area contributed by atoms with Crippen LogP contribution < -0.4 is 15.8 Å². The molecule has 0 saturated carbocycles. The van der Waals surface area contributed by atoms with Crippen molar-refractivity contribution in [3.8, 4) is 17.1 Å². The van der Waals surface area contributed by atoms with Crippen molar-refractivity contribution in [2.45, 2.75) is 0 Å². The maximum absolute atomic E-state index is 11.8. The van der Waals surface area contributed by atoms with Gasteiger partial charge in [-0.3, -0.25) is 4.79 Å². The largest absolute Gasteiger partial charge is 0.497 e. The second kappa shape index (κ2) is 6.81. The average molecular weight is 290 g/mol. The molecule has 0 aliphatic rings. The number of amides is 1. The third kappa shape index (κ3) is 3.55. The quantitative estimate of drug-likeness (QED) is 0.627. The maximum atomic E-state index is 11.8. The molecule has 0 aliphatic heterocycles. The van der Waals surface area contributed by atoms with Gasteiger partial charge in [0.1, 0.15) is 11.5 Å². The van der Waals surface area contributed by atoms with E-state index in [1.54, 1.807) is 44.6 Å². The number of nitrogen functional groups attached to an aromatic ring is 1. The predicted molar refractivity (Wildman–Crippen MR) is 79.3 cm³/mol. The number of rotatable bonds is 6. The van der Waals surface area contributed by atoms with Crippen LogP contribution in [0.5, 0.6) is 5.75 Å². The molecule has 2 rings (SSSR count). The molecule has 1 aromatic heterocycles. The van der Waals surface area contributed by atoms with Crippen molar-refractivity contribution in [3.63, 3.8) is 0 Å². The molecule has 0 radical (unpaired) electrons. The van der Waals surface area contributed by atoms with Gasteiger partial charge >= 0.3 is 0 Å². The topological polar surface area (TPSA) is 86.7 Å². The van der Waals surface area contributed by atoms with Gasteiger partial charge in [-0.1, -0.05) is 0 Å². The molecule has 0 spiro atoms. The van der Waals surface area contributed by atoms with Crippen molar-refractivity contribution >= 4 is 11.6 Å². The van der Waals surface area contributed by atoms with Crippen molar-refractivity contribution in [1.82, 2.24) is 5.32 Å². The molecule has 1 heterocycles. The molecule has 6 heteroatoms. The standard InChI is InChI=1S/C15H18N2O4/c1-19-8-7-17-15(18)14-6-5-13(21-14)11-4-3-10(20-2)9-12(11)16/h3-6,9H,7-8,16H2,1-2H3,(H,17,18). The summed E-state index contributed by atoms with van der Waals surface area (Å²) in [6, 6.07) is 8.60. The highest BCUT2D eigenvalue weighted by Gasteiger charge is 2.13. The Bertz CT molecular complexity index is 622. The summed E-state index contributed by atoms with van der Waals surface area (Å²) in [7, 11) is 3.15. The maximum Gasteiger partial charge on any atom is 0.287 e. The fourth-order valence-electron chi connectivity index (χ4n) is 1.85. The Kier molecular flexibility index (Phi) is 4.84. The van der Waals surface area contributed by atoms with E-state index in [1.165, 1.54) is 0 Å². The molecule has 0 fully saturated rings. The molecule has 21 heavy (non-hydrogen) atoms. The normalized spacial score (nSPS) is 10.4. The van der Waals surface area contributed by atoms with Gasteiger partial charge in [0.05, 0.1) is 13.7 Å². The van der Waals surface area contributed by atoms with Gasteiger partial charge in [0.25, 0.3) is 5.91 Å². The number of benzene rings is 1. The lowest BCUT2D eigenvalue weighted by Crippen LogP contribution is -2.26. The summed E-state index contributed by atoms with van der Waals surface area (Å²) < 4.78 is 15.5. The molecule has 3 N–H and O–H groups in total. The molecule has 1 aromatic carbocycles. The van der Waals surface area contributed by atoms with Crippen LogP contribution in [0.2, 0.25) is 0 Å². The summed E-state index contributed by atoms with van der Waals surface area (Å²) in [5.41, 5.74) is 7.19. The Balaban J connectivity index is 2.14. The summed E-state index contributed by atoms with van der Waals surface area (Å²) in [6.07, 6.45) is 0. The second-order valence-corrected chi connectivity index (χ2v) is 4.37. The first-order chi connectivity index (χ1) is 10.2. The highest BCUT2D eigenvalue weighted by atomic mass is 16.5. The molecule has 6 nitrogen and oxygen atoms in total. The first-order valence-electron chi connectivity index (χ1n) is 6.46. The molecular formula is C15H18N2O4. The zero-order chi connectivity index (χ0) is 15.2. The van der Waals surface area contributed by atoms with Gasteiger partial charge < -0.3 is 24.9 Å². The molecule has 0 atom stereocenters. The SMILES string of the molecule is COCCNC(=O)c1ccc(-c2ccc(OC)cc2N)o1. The van der Waals surface area contributed by atoms with Crippen molar-refractivity contribution in [1.29, 1.82) is 0 Å². The number of hydrogen-bond donors (Lipinski definition) is 2. The lowest BCUT2D eigenvalue weighted by atomic mass is 10.1. The van der Waals surface area contributed by atoms with Crippen molar-refractivity contribution in [3.05, 3.63) is 36.1 Å². The number of carbonyl (C=O) groups excluding carboxylic acids is 1. The molecule has 0 aliphatic carbocycles. The zero-order valence-electron chi connectivity index (χ0n) is 12.0. The minimum absolute atomic E-state index is 0.233. The number of anilines is 1. The molecular weight excluding hydrogens is 272 g/mol. The van der Waals surface area contributed by atoms with Crippen molar-refractivity contribution < 1.29 is 18.7 Å². The first-order valence-corrected chi connectivity index (χ1v) is 6.46. The van der Waals surface area contributed by atoms with Gasteiger partial charge in [-0.2, -0.15) is 0 Å². The number of methoxy groups -OCH3 is 2. The van der Waals surface area contributed by atoms with Crippen LogP contribution in [0.3, 0.4) is 0 Å². The van der Waals surface area contributed by atoms with Crippen LogP contribution in [-0.4, -0.2) is 33.3 Å². The third-order valence-corrected chi connectivity index (χ3v) is 2.95. The van der Waals surface area contributed by atoms with E-state index in [1.807, 2.05) is 0 Å². The van der Waals surface area contributed by atoms with Crippen LogP contribution in [0.4, 0.5) is 5.69 Å². The molecule has 0 unspecified atom stereocenters. The fraction of sp³-hybridized carbons (Fsp3) is 0.267. The number of nitrogens with one attached hydrogen (secondary N) is 1. The lowest BCUT2D eigenvalue weighted by molar-refractivity contribution is 0.0910. The van der Waals surface area contributed by atoms with Gasteiger partial charge in [0.15, 0.2) is 5.76 Å². The number of furan rings is 1. The van der Waals surface area contributed by atoms with Crippen LogP contribution in [0.25, 0.3) is 11.3 Å². The van der Waals surface area contributed by atoms with Gasteiger partial charge in [-0.05, 0) is 24.3 Å². The van der Waals surface area contributed by atoms with Gasteiger partial charge in [-0.25, -0.2) is 0 Å². The fourth-order valence-corrected chi connectivity index (χ4v) is 1.85.